The van der Waals surface area contributed by atoms with Gasteiger partial charge in [-0.3, -0.25) is 4.99 Å². The van der Waals surface area contributed by atoms with Crippen LogP contribution in [0.1, 0.15) is 19.1 Å². The molecule has 8 heteroatoms. The molecule has 8 nitrogen and oxygen atoms in total. The summed E-state index contributed by atoms with van der Waals surface area (Å²) in [6.07, 6.45) is 3.34. The molecule has 1 atom stereocenters. The smallest absolute Gasteiger partial charge is 0.409 e. The number of carbonyl (C=O) groups is 1. The second kappa shape index (κ2) is 10.2. The van der Waals surface area contributed by atoms with E-state index in [0.29, 0.717) is 25.6 Å². The van der Waals surface area contributed by atoms with Gasteiger partial charge in [-0.1, -0.05) is 0 Å². The van der Waals surface area contributed by atoms with Gasteiger partial charge in [-0.25, -0.2) is 4.79 Å². The van der Waals surface area contributed by atoms with E-state index in [2.05, 4.69) is 10.2 Å². The average molecular weight is 378 g/mol. The van der Waals surface area contributed by atoms with E-state index in [9.17, 15) is 4.79 Å². The molecule has 3 rings (SSSR count). The van der Waals surface area contributed by atoms with Crippen LogP contribution in [-0.2, 0) is 15.9 Å². The largest absolute Gasteiger partial charge is 0.469 e. The van der Waals surface area contributed by atoms with Crippen LogP contribution in [0, 0.1) is 5.92 Å². The van der Waals surface area contributed by atoms with Crippen molar-refractivity contribution in [2.45, 2.75) is 19.8 Å². The van der Waals surface area contributed by atoms with Crippen LogP contribution in [0.25, 0.3) is 0 Å². The highest BCUT2D eigenvalue weighted by Crippen LogP contribution is 2.13. The van der Waals surface area contributed by atoms with Crippen LogP contribution < -0.4 is 5.32 Å². The predicted molar refractivity (Wildman–Crippen MR) is 102 cm³/mol. The molecule has 0 spiro atoms. The van der Waals surface area contributed by atoms with Gasteiger partial charge in [0.05, 0.1) is 19.5 Å². The van der Waals surface area contributed by atoms with Gasteiger partial charge in [-0.2, -0.15) is 0 Å². The fraction of sp³-hybridized carbons (Fsp3) is 0.684. The van der Waals surface area contributed by atoms with Gasteiger partial charge in [-0.05, 0) is 25.5 Å². The number of carbonyl (C=O) groups excluding carboxylic acids is 1. The molecule has 2 fully saturated rings. The van der Waals surface area contributed by atoms with Crippen LogP contribution in [0.4, 0.5) is 4.79 Å². The Morgan fingerprint density at radius 3 is 2.81 bits per heavy atom. The Morgan fingerprint density at radius 1 is 1.33 bits per heavy atom. The number of hydrogen-bond acceptors (Lipinski definition) is 5. The van der Waals surface area contributed by atoms with E-state index in [1.165, 1.54) is 0 Å². The molecular weight excluding hydrogens is 348 g/mol. The maximum Gasteiger partial charge on any atom is 0.409 e. The van der Waals surface area contributed by atoms with Crippen LogP contribution >= 0.6 is 0 Å². The number of amides is 1. The Kier molecular flexibility index (Phi) is 7.38. The van der Waals surface area contributed by atoms with Crippen LogP contribution in [0.3, 0.4) is 0 Å². The molecule has 0 aromatic carbocycles. The second-order valence-electron chi connectivity index (χ2n) is 6.82. The maximum absolute atomic E-state index is 11.9. The molecule has 0 radical (unpaired) electrons. The fourth-order valence-electron chi connectivity index (χ4n) is 3.28. The lowest BCUT2D eigenvalue weighted by atomic mass is 10.1. The first-order chi connectivity index (χ1) is 13.3. The number of nitrogens with one attached hydrogen (secondary N) is 1. The van der Waals surface area contributed by atoms with Crippen LogP contribution in [0.5, 0.6) is 0 Å². The highest BCUT2D eigenvalue weighted by Gasteiger charge is 2.24. The normalized spacial score (nSPS) is 20.8. The van der Waals surface area contributed by atoms with Crippen molar-refractivity contribution in [3.63, 3.8) is 0 Å². The van der Waals surface area contributed by atoms with E-state index in [1.807, 2.05) is 19.1 Å². The van der Waals surface area contributed by atoms with E-state index in [-0.39, 0.29) is 6.09 Å². The summed E-state index contributed by atoms with van der Waals surface area (Å²) in [5, 5.41) is 3.46. The van der Waals surface area contributed by atoms with E-state index in [4.69, 9.17) is 18.9 Å². The molecular formula is C19H30N4O4. The van der Waals surface area contributed by atoms with Gasteiger partial charge in [0.25, 0.3) is 0 Å². The third-order valence-electron chi connectivity index (χ3n) is 4.86. The molecule has 2 saturated heterocycles. The first-order valence-electron chi connectivity index (χ1n) is 9.81. The van der Waals surface area contributed by atoms with Gasteiger partial charge in [0, 0.05) is 58.2 Å². The van der Waals surface area contributed by atoms with Crippen molar-refractivity contribution in [1.82, 2.24) is 15.1 Å². The Morgan fingerprint density at radius 2 is 2.15 bits per heavy atom. The number of rotatable bonds is 6. The van der Waals surface area contributed by atoms with Crippen molar-refractivity contribution < 1.29 is 18.7 Å². The first kappa shape index (κ1) is 19.5. The molecule has 0 bridgehead atoms. The molecule has 3 heterocycles. The highest BCUT2D eigenvalue weighted by molar-refractivity contribution is 5.80. The summed E-state index contributed by atoms with van der Waals surface area (Å²) in [4.78, 5) is 20.7. The third kappa shape index (κ3) is 5.89. The fourth-order valence-corrected chi connectivity index (χ4v) is 3.28. The molecule has 2 aliphatic rings. The van der Waals surface area contributed by atoms with Crippen molar-refractivity contribution in [3.8, 4) is 0 Å². The third-order valence-corrected chi connectivity index (χ3v) is 4.86. The monoisotopic (exact) mass is 378 g/mol. The lowest BCUT2D eigenvalue weighted by molar-refractivity contribution is 0.0914. The number of nitrogens with zero attached hydrogens (tertiary/aromatic N) is 3. The zero-order valence-electron chi connectivity index (χ0n) is 16.1. The molecule has 1 unspecified atom stereocenters. The molecule has 1 amide bonds. The van der Waals surface area contributed by atoms with Crippen LogP contribution in [0.2, 0.25) is 0 Å². The minimum absolute atomic E-state index is 0.232. The van der Waals surface area contributed by atoms with Crippen molar-refractivity contribution in [2.24, 2.45) is 10.9 Å². The van der Waals surface area contributed by atoms with Crippen molar-refractivity contribution in [1.29, 1.82) is 0 Å². The Hall–Kier alpha value is -2.22. The number of aliphatic imine (C=N–C) groups is 1. The minimum atomic E-state index is -0.232. The topological polar surface area (TPSA) is 79.5 Å². The van der Waals surface area contributed by atoms with Gasteiger partial charge in [0.2, 0.25) is 0 Å². The summed E-state index contributed by atoms with van der Waals surface area (Å²) in [6.45, 7) is 8.15. The maximum atomic E-state index is 11.9. The lowest BCUT2D eigenvalue weighted by Gasteiger charge is -2.36. The molecule has 1 aromatic rings. The van der Waals surface area contributed by atoms with Crippen molar-refractivity contribution >= 4 is 12.1 Å². The average Bonchev–Trinajstić information content (AvgIpc) is 3.39. The Balaban J connectivity index is 1.53. The summed E-state index contributed by atoms with van der Waals surface area (Å²) < 4.78 is 15.9. The summed E-state index contributed by atoms with van der Waals surface area (Å²) in [7, 11) is 0. The minimum Gasteiger partial charge on any atom is -0.469 e. The number of ether oxygens (including phenoxy) is 2. The van der Waals surface area contributed by atoms with Crippen molar-refractivity contribution in [3.05, 3.63) is 24.2 Å². The van der Waals surface area contributed by atoms with Gasteiger partial charge < -0.3 is 29.0 Å². The zero-order chi connectivity index (χ0) is 18.9. The predicted octanol–water partition coefficient (Wildman–Crippen LogP) is 1.58. The van der Waals surface area contributed by atoms with E-state index in [0.717, 1.165) is 64.0 Å². The van der Waals surface area contributed by atoms with Crippen LogP contribution in [-0.4, -0.2) is 80.9 Å². The molecule has 0 saturated carbocycles. The standard InChI is InChI=1S/C19H30N4O4/c1-2-26-19(24)23-10-8-22(9-11-23)18(21-14-16-6-13-25-15-16)20-7-5-17-4-3-12-27-17/h3-4,12,16H,2,5-11,13-15H2,1H3,(H,20,21). The van der Waals surface area contributed by atoms with E-state index >= 15 is 0 Å². The molecule has 2 aliphatic heterocycles. The number of hydrogen-bond donors (Lipinski definition) is 1. The molecule has 27 heavy (non-hydrogen) atoms. The SMILES string of the molecule is CCOC(=O)N1CCN(C(=NCC2CCOC2)NCCc2ccco2)CC1. The summed E-state index contributed by atoms with van der Waals surface area (Å²) in [5.41, 5.74) is 0. The van der Waals surface area contributed by atoms with Gasteiger partial charge in [0.15, 0.2) is 5.96 Å². The second-order valence-corrected chi connectivity index (χ2v) is 6.82. The first-order valence-corrected chi connectivity index (χ1v) is 9.81. The summed E-state index contributed by atoms with van der Waals surface area (Å²) >= 11 is 0. The Bertz CT molecular complexity index is 591. The summed E-state index contributed by atoms with van der Waals surface area (Å²) in [5.74, 6) is 2.35. The zero-order valence-corrected chi connectivity index (χ0v) is 16.1. The number of piperazine rings is 1. The number of furan rings is 1. The molecule has 150 valence electrons. The van der Waals surface area contributed by atoms with E-state index < -0.39 is 0 Å². The Labute approximate surface area is 160 Å². The van der Waals surface area contributed by atoms with Crippen molar-refractivity contribution in [2.75, 3.05) is 59.1 Å². The van der Waals surface area contributed by atoms with Crippen LogP contribution in [0.15, 0.2) is 27.8 Å². The van der Waals surface area contributed by atoms with Gasteiger partial charge in [0.1, 0.15) is 5.76 Å². The molecule has 1 aromatic heterocycles. The van der Waals surface area contributed by atoms with Gasteiger partial charge >= 0.3 is 6.09 Å². The number of guanidine groups is 1. The molecule has 1 N–H and O–H groups in total. The quantitative estimate of drug-likeness (QED) is 0.598. The summed E-state index contributed by atoms with van der Waals surface area (Å²) in [6, 6.07) is 3.88. The van der Waals surface area contributed by atoms with E-state index in [1.54, 1.807) is 11.2 Å². The van der Waals surface area contributed by atoms with Gasteiger partial charge in [-0.15, -0.1) is 0 Å². The lowest BCUT2D eigenvalue weighted by Crippen LogP contribution is -2.54. The highest BCUT2D eigenvalue weighted by atomic mass is 16.6. The molecule has 0 aliphatic carbocycles.